The van der Waals surface area contributed by atoms with Gasteiger partial charge in [0, 0.05) is 21.2 Å². The van der Waals surface area contributed by atoms with Crippen LogP contribution < -0.4 is 5.32 Å². The van der Waals surface area contributed by atoms with Crippen molar-refractivity contribution in [2.75, 3.05) is 12.8 Å². The van der Waals surface area contributed by atoms with Crippen LogP contribution in [0.2, 0.25) is 0 Å². The summed E-state index contributed by atoms with van der Waals surface area (Å²) in [6, 6.07) is 19.3. The van der Waals surface area contributed by atoms with Crippen molar-refractivity contribution in [3.05, 3.63) is 64.6 Å². The van der Waals surface area contributed by atoms with Crippen LogP contribution in [0, 0.1) is 0 Å². The molecule has 0 spiro atoms. The molecule has 18 heavy (non-hydrogen) atoms. The van der Waals surface area contributed by atoms with Crippen LogP contribution in [0.25, 0.3) is 0 Å². The minimum Gasteiger partial charge on any atom is -0.312 e. The van der Waals surface area contributed by atoms with Gasteiger partial charge in [-0.05, 0) is 40.7 Å². The molecular weight excluding hydrogens is 306 g/mol. The average molecular weight is 322 g/mol. The van der Waals surface area contributed by atoms with E-state index in [1.54, 1.807) is 0 Å². The minimum absolute atomic E-state index is 0.378. The van der Waals surface area contributed by atoms with Gasteiger partial charge in [0.25, 0.3) is 0 Å². The monoisotopic (exact) mass is 321 g/mol. The lowest BCUT2D eigenvalue weighted by Crippen LogP contribution is -2.18. The van der Waals surface area contributed by atoms with Gasteiger partial charge in [-0.1, -0.05) is 42.5 Å². The van der Waals surface area contributed by atoms with Crippen LogP contribution in [0.4, 0.5) is 0 Å². The molecule has 0 radical (unpaired) electrons. The van der Waals surface area contributed by atoms with Crippen molar-refractivity contribution < 1.29 is 0 Å². The predicted octanol–water partition coefficient (Wildman–Crippen LogP) is 4.50. The molecule has 0 fully saturated rings. The summed E-state index contributed by atoms with van der Waals surface area (Å²) in [5.74, 6) is 1.02. The zero-order valence-electron chi connectivity index (χ0n) is 10.3. The number of benzene rings is 2. The third-order valence-electron chi connectivity index (χ3n) is 2.79. The molecule has 0 heterocycles. The first-order valence-electron chi connectivity index (χ1n) is 5.91. The molecule has 1 nitrogen and oxygen atoms in total. The Morgan fingerprint density at radius 3 is 2.39 bits per heavy atom. The van der Waals surface area contributed by atoms with Gasteiger partial charge in [0.2, 0.25) is 0 Å². The lowest BCUT2D eigenvalue weighted by Gasteiger charge is -2.16. The van der Waals surface area contributed by atoms with Crippen LogP contribution in [-0.2, 0) is 0 Å². The molecule has 2 aromatic rings. The molecule has 2 rings (SSSR count). The molecule has 0 aliphatic rings. The Kier molecular flexibility index (Phi) is 5.29. The fourth-order valence-electron chi connectivity index (χ4n) is 1.77. The molecule has 1 N–H and O–H groups in total. The molecule has 0 aliphatic carbocycles. The van der Waals surface area contributed by atoms with E-state index in [1.807, 2.05) is 24.9 Å². The van der Waals surface area contributed by atoms with Gasteiger partial charge < -0.3 is 5.32 Å². The highest BCUT2D eigenvalue weighted by Gasteiger charge is 2.09. The van der Waals surface area contributed by atoms with Crippen LogP contribution in [0.15, 0.2) is 64.0 Å². The van der Waals surface area contributed by atoms with E-state index in [2.05, 4.69) is 69.8 Å². The van der Waals surface area contributed by atoms with Crippen LogP contribution in [0.5, 0.6) is 0 Å². The van der Waals surface area contributed by atoms with E-state index in [9.17, 15) is 0 Å². The van der Waals surface area contributed by atoms with Crippen molar-refractivity contribution in [3.8, 4) is 0 Å². The first kappa shape index (κ1) is 13.7. The minimum atomic E-state index is 0.378. The van der Waals surface area contributed by atoms with E-state index in [-0.39, 0.29) is 0 Å². The number of halogens is 1. The van der Waals surface area contributed by atoms with Crippen molar-refractivity contribution in [1.29, 1.82) is 0 Å². The third-order valence-corrected chi connectivity index (χ3v) is 4.91. The molecule has 0 bridgehead atoms. The maximum atomic E-state index is 3.58. The van der Waals surface area contributed by atoms with Crippen molar-refractivity contribution >= 4 is 27.7 Å². The highest BCUT2D eigenvalue weighted by atomic mass is 79.9. The Labute approximate surface area is 121 Å². The fraction of sp³-hybridized carbons (Fsp3) is 0.200. The van der Waals surface area contributed by atoms with Gasteiger partial charge in [-0.3, -0.25) is 0 Å². The molecule has 0 saturated heterocycles. The van der Waals surface area contributed by atoms with Crippen LogP contribution in [0.3, 0.4) is 0 Å². The topological polar surface area (TPSA) is 12.0 Å². The number of nitrogens with one attached hydrogen (secondary N) is 1. The van der Waals surface area contributed by atoms with Crippen LogP contribution in [-0.4, -0.2) is 12.8 Å². The Bertz CT molecular complexity index is 487. The average Bonchev–Trinajstić information content (AvgIpc) is 2.42. The lowest BCUT2D eigenvalue weighted by atomic mass is 10.1. The summed E-state index contributed by atoms with van der Waals surface area (Å²) in [5.41, 5.74) is 1.33. The smallest absolute Gasteiger partial charge is 0.0412 e. The lowest BCUT2D eigenvalue weighted by molar-refractivity contribution is 0.662. The molecule has 1 unspecified atom stereocenters. The molecule has 2 aromatic carbocycles. The van der Waals surface area contributed by atoms with E-state index in [0.29, 0.717) is 6.04 Å². The summed E-state index contributed by atoms with van der Waals surface area (Å²) < 4.78 is 1.16. The van der Waals surface area contributed by atoms with Gasteiger partial charge in [0.15, 0.2) is 0 Å². The van der Waals surface area contributed by atoms with E-state index < -0.39 is 0 Å². The van der Waals surface area contributed by atoms with Gasteiger partial charge >= 0.3 is 0 Å². The van der Waals surface area contributed by atoms with Gasteiger partial charge in [-0.2, -0.15) is 0 Å². The van der Waals surface area contributed by atoms with E-state index in [0.717, 1.165) is 10.2 Å². The Morgan fingerprint density at radius 1 is 1.06 bits per heavy atom. The standard InChI is InChI=1S/C15H16BrNS/c1-17-14(12-7-3-2-4-8-12)11-18-15-10-6-5-9-13(15)16/h2-10,14,17H,11H2,1H3. The number of hydrogen-bond donors (Lipinski definition) is 1. The highest BCUT2D eigenvalue weighted by molar-refractivity contribution is 9.10. The van der Waals surface area contributed by atoms with Gasteiger partial charge in [0.1, 0.15) is 0 Å². The fourth-order valence-corrected chi connectivity index (χ4v) is 3.48. The van der Waals surface area contributed by atoms with Crippen molar-refractivity contribution in [3.63, 3.8) is 0 Å². The Balaban J connectivity index is 2.02. The zero-order chi connectivity index (χ0) is 12.8. The zero-order valence-corrected chi connectivity index (χ0v) is 12.7. The van der Waals surface area contributed by atoms with E-state index in [4.69, 9.17) is 0 Å². The summed E-state index contributed by atoms with van der Waals surface area (Å²) >= 11 is 5.45. The normalized spacial score (nSPS) is 12.3. The number of hydrogen-bond acceptors (Lipinski definition) is 2. The maximum absolute atomic E-state index is 3.58. The summed E-state index contributed by atoms with van der Waals surface area (Å²) in [6.45, 7) is 0. The van der Waals surface area contributed by atoms with Crippen molar-refractivity contribution in [1.82, 2.24) is 5.32 Å². The molecule has 0 aliphatic heterocycles. The molecule has 0 amide bonds. The van der Waals surface area contributed by atoms with Gasteiger partial charge in [0.05, 0.1) is 0 Å². The number of rotatable bonds is 5. The molecule has 3 heteroatoms. The van der Waals surface area contributed by atoms with Gasteiger partial charge in [-0.25, -0.2) is 0 Å². The molecule has 0 aromatic heterocycles. The second-order valence-corrected chi connectivity index (χ2v) is 5.91. The Hall–Kier alpha value is -0.770. The largest absolute Gasteiger partial charge is 0.312 e. The summed E-state index contributed by atoms with van der Waals surface area (Å²) in [5, 5.41) is 3.37. The van der Waals surface area contributed by atoms with Crippen LogP contribution >= 0.6 is 27.7 Å². The van der Waals surface area contributed by atoms with E-state index >= 15 is 0 Å². The van der Waals surface area contributed by atoms with Crippen LogP contribution in [0.1, 0.15) is 11.6 Å². The first-order chi connectivity index (χ1) is 8.81. The second-order valence-electron chi connectivity index (χ2n) is 3.99. The number of thioether (sulfide) groups is 1. The summed E-state index contributed by atoms with van der Waals surface area (Å²) in [6.07, 6.45) is 0. The summed E-state index contributed by atoms with van der Waals surface area (Å²) in [7, 11) is 2.01. The molecular formula is C15H16BrNS. The predicted molar refractivity (Wildman–Crippen MR) is 83.1 cm³/mol. The molecule has 1 atom stereocenters. The Morgan fingerprint density at radius 2 is 1.72 bits per heavy atom. The second kappa shape index (κ2) is 6.98. The maximum Gasteiger partial charge on any atom is 0.0412 e. The SMILES string of the molecule is CNC(CSc1ccccc1Br)c1ccccc1. The first-order valence-corrected chi connectivity index (χ1v) is 7.68. The summed E-state index contributed by atoms with van der Waals surface area (Å²) in [4.78, 5) is 1.29. The molecule has 0 saturated carbocycles. The molecule has 94 valence electrons. The van der Waals surface area contributed by atoms with Gasteiger partial charge in [-0.15, -0.1) is 11.8 Å². The third kappa shape index (κ3) is 3.61. The van der Waals surface area contributed by atoms with Crippen molar-refractivity contribution in [2.45, 2.75) is 10.9 Å². The van der Waals surface area contributed by atoms with E-state index in [1.165, 1.54) is 10.5 Å². The quantitative estimate of drug-likeness (QED) is 0.813. The highest BCUT2D eigenvalue weighted by Crippen LogP contribution is 2.30. The van der Waals surface area contributed by atoms with Crippen molar-refractivity contribution in [2.24, 2.45) is 0 Å².